The van der Waals surface area contributed by atoms with Crippen LogP contribution in [0.15, 0.2) is 30.5 Å². The molecule has 1 N–H and O–H groups in total. The molecular formula is C19H23N3OS. The number of para-hydroxylation sites is 1. The maximum absolute atomic E-state index is 12.3. The number of fused-ring (bicyclic) bond motifs is 1. The van der Waals surface area contributed by atoms with Gasteiger partial charge in [-0.05, 0) is 45.7 Å². The molecule has 1 aromatic carbocycles. The van der Waals surface area contributed by atoms with Gasteiger partial charge in [-0.25, -0.2) is 4.98 Å². The average molecular weight is 341 g/mol. The van der Waals surface area contributed by atoms with Crippen LogP contribution < -0.4 is 5.32 Å². The van der Waals surface area contributed by atoms with E-state index < -0.39 is 0 Å². The Labute approximate surface area is 146 Å². The van der Waals surface area contributed by atoms with Gasteiger partial charge in [-0.3, -0.25) is 4.79 Å². The highest BCUT2D eigenvalue weighted by Gasteiger charge is 2.14. The number of aromatic nitrogens is 2. The second-order valence-electron chi connectivity index (χ2n) is 6.33. The number of nitrogens with zero attached hydrogens (tertiary/aromatic N) is 2. The summed E-state index contributed by atoms with van der Waals surface area (Å²) in [5.41, 5.74) is 3.34. The number of rotatable bonds is 5. The molecule has 0 spiro atoms. The normalized spacial score (nSPS) is 11.4. The quantitative estimate of drug-likeness (QED) is 0.753. The van der Waals surface area contributed by atoms with E-state index in [2.05, 4.69) is 59.2 Å². The van der Waals surface area contributed by atoms with Gasteiger partial charge in [0, 0.05) is 29.7 Å². The number of nitrogens with one attached hydrogen (secondary N) is 1. The first-order valence-corrected chi connectivity index (χ1v) is 9.09. The van der Waals surface area contributed by atoms with Crippen LogP contribution in [0.1, 0.15) is 45.8 Å². The fourth-order valence-electron chi connectivity index (χ4n) is 3.04. The zero-order valence-corrected chi connectivity index (χ0v) is 15.4. The molecule has 0 bridgehead atoms. The molecule has 24 heavy (non-hydrogen) atoms. The van der Waals surface area contributed by atoms with Crippen molar-refractivity contribution in [1.29, 1.82) is 0 Å². The summed E-state index contributed by atoms with van der Waals surface area (Å²) in [4.78, 5) is 17.3. The Kier molecular flexibility index (Phi) is 4.71. The number of thiazole rings is 1. The number of aryl methyl sites for hydroxylation is 2. The summed E-state index contributed by atoms with van der Waals surface area (Å²) in [7, 11) is 0. The fourth-order valence-corrected chi connectivity index (χ4v) is 3.87. The number of hydrogen-bond acceptors (Lipinski definition) is 3. The van der Waals surface area contributed by atoms with Crippen molar-refractivity contribution in [2.75, 3.05) is 6.54 Å². The Morgan fingerprint density at radius 3 is 2.71 bits per heavy atom. The van der Waals surface area contributed by atoms with Crippen LogP contribution in [0, 0.1) is 13.8 Å². The molecule has 126 valence electrons. The zero-order valence-electron chi connectivity index (χ0n) is 14.6. The van der Waals surface area contributed by atoms with Crippen LogP contribution in [0.5, 0.6) is 0 Å². The Morgan fingerprint density at radius 1 is 1.29 bits per heavy atom. The van der Waals surface area contributed by atoms with Crippen molar-refractivity contribution in [3.63, 3.8) is 0 Å². The van der Waals surface area contributed by atoms with Gasteiger partial charge in [-0.15, -0.1) is 11.3 Å². The highest BCUT2D eigenvalue weighted by Crippen LogP contribution is 2.25. The van der Waals surface area contributed by atoms with Crippen molar-refractivity contribution in [1.82, 2.24) is 14.9 Å². The van der Waals surface area contributed by atoms with Crippen LogP contribution in [0.25, 0.3) is 10.9 Å². The summed E-state index contributed by atoms with van der Waals surface area (Å²) in [5.74, 6) is -0.0225. The van der Waals surface area contributed by atoms with E-state index >= 15 is 0 Å². The minimum atomic E-state index is -0.0225. The fraction of sp³-hybridized carbons (Fsp3) is 0.368. The number of carbonyl (C=O) groups excluding carboxylic acids is 1. The van der Waals surface area contributed by atoms with Gasteiger partial charge in [0.1, 0.15) is 4.88 Å². The minimum absolute atomic E-state index is 0.0225. The van der Waals surface area contributed by atoms with E-state index in [9.17, 15) is 4.79 Å². The first kappa shape index (κ1) is 16.7. The zero-order chi connectivity index (χ0) is 17.3. The lowest BCUT2D eigenvalue weighted by molar-refractivity contribution is 0.0957. The van der Waals surface area contributed by atoms with Gasteiger partial charge in [-0.2, -0.15) is 0 Å². The van der Waals surface area contributed by atoms with Gasteiger partial charge < -0.3 is 9.88 Å². The van der Waals surface area contributed by atoms with Crippen molar-refractivity contribution in [3.8, 4) is 0 Å². The van der Waals surface area contributed by atoms with Gasteiger partial charge >= 0.3 is 0 Å². The van der Waals surface area contributed by atoms with E-state index in [-0.39, 0.29) is 5.91 Å². The summed E-state index contributed by atoms with van der Waals surface area (Å²) in [6.07, 6.45) is 3.03. The van der Waals surface area contributed by atoms with Crippen LogP contribution in [0.2, 0.25) is 0 Å². The molecule has 0 unspecified atom stereocenters. The summed E-state index contributed by atoms with van der Waals surface area (Å²) >= 11 is 1.45. The van der Waals surface area contributed by atoms with Crippen molar-refractivity contribution >= 4 is 28.1 Å². The molecule has 0 saturated heterocycles. The molecule has 4 nitrogen and oxygen atoms in total. The van der Waals surface area contributed by atoms with Gasteiger partial charge in [0.25, 0.3) is 5.91 Å². The molecule has 2 aromatic heterocycles. The average Bonchev–Trinajstić information content (AvgIpc) is 3.08. The Bertz CT molecular complexity index is 876. The predicted molar refractivity (Wildman–Crippen MR) is 99.9 cm³/mol. The van der Waals surface area contributed by atoms with E-state index in [1.807, 2.05) is 13.8 Å². The molecule has 3 rings (SSSR count). The third kappa shape index (κ3) is 3.22. The van der Waals surface area contributed by atoms with E-state index in [0.29, 0.717) is 12.6 Å². The predicted octanol–water partition coefficient (Wildman–Crippen LogP) is 4.27. The molecule has 0 fully saturated rings. The molecule has 1 amide bonds. The third-order valence-corrected chi connectivity index (χ3v) is 5.24. The van der Waals surface area contributed by atoms with Crippen LogP contribution in [-0.4, -0.2) is 22.0 Å². The molecule has 0 atom stereocenters. The SMILES string of the molecule is Cc1nc(C)c(C(=O)NCCc2cn(C(C)C)c3ccccc23)s1. The molecule has 0 radical (unpaired) electrons. The van der Waals surface area contributed by atoms with Gasteiger partial charge in [-0.1, -0.05) is 18.2 Å². The maximum Gasteiger partial charge on any atom is 0.263 e. The Balaban J connectivity index is 1.72. The standard InChI is InChI=1S/C19H23N3OS/c1-12(2)22-11-15(16-7-5-6-8-17(16)22)9-10-20-19(23)18-13(3)21-14(4)24-18/h5-8,11-12H,9-10H2,1-4H3,(H,20,23). The summed E-state index contributed by atoms with van der Waals surface area (Å²) < 4.78 is 2.29. The van der Waals surface area contributed by atoms with Crippen molar-refractivity contribution in [3.05, 3.63) is 51.6 Å². The lowest BCUT2D eigenvalue weighted by Crippen LogP contribution is -2.25. The second-order valence-corrected chi connectivity index (χ2v) is 7.53. The van der Waals surface area contributed by atoms with Crippen molar-refractivity contribution in [2.24, 2.45) is 0 Å². The lowest BCUT2D eigenvalue weighted by atomic mass is 10.1. The number of amides is 1. The smallest absolute Gasteiger partial charge is 0.263 e. The van der Waals surface area contributed by atoms with Crippen molar-refractivity contribution < 1.29 is 4.79 Å². The van der Waals surface area contributed by atoms with Crippen LogP contribution in [0.3, 0.4) is 0 Å². The van der Waals surface area contributed by atoms with Gasteiger partial charge in [0.15, 0.2) is 0 Å². The maximum atomic E-state index is 12.3. The molecule has 5 heteroatoms. The van der Waals surface area contributed by atoms with Gasteiger partial charge in [0.2, 0.25) is 0 Å². The summed E-state index contributed by atoms with van der Waals surface area (Å²) in [5, 5.41) is 5.22. The van der Waals surface area contributed by atoms with Gasteiger partial charge in [0.05, 0.1) is 10.7 Å². The van der Waals surface area contributed by atoms with Crippen molar-refractivity contribution in [2.45, 2.75) is 40.2 Å². The van der Waals surface area contributed by atoms with E-state index in [1.54, 1.807) is 0 Å². The molecule has 2 heterocycles. The number of benzene rings is 1. The second kappa shape index (κ2) is 6.77. The van der Waals surface area contributed by atoms with Crippen LogP contribution >= 0.6 is 11.3 Å². The van der Waals surface area contributed by atoms with E-state index in [0.717, 1.165) is 22.0 Å². The highest BCUT2D eigenvalue weighted by atomic mass is 32.1. The number of hydrogen-bond donors (Lipinski definition) is 1. The molecular weight excluding hydrogens is 318 g/mol. The molecule has 0 saturated carbocycles. The molecule has 3 aromatic rings. The largest absolute Gasteiger partial charge is 0.351 e. The summed E-state index contributed by atoms with van der Waals surface area (Å²) in [6.45, 7) is 8.81. The molecule has 0 aliphatic carbocycles. The van der Waals surface area contributed by atoms with Crippen LogP contribution in [0.4, 0.5) is 0 Å². The highest BCUT2D eigenvalue weighted by molar-refractivity contribution is 7.13. The minimum Gasteiger partial charge on any atom is -0.351 e. The third-order valence-electron chi connectivity index (χ3n) is 4.17. The van der Waals surface area contributed by atoms with Crippen LogP contribution in [-0.2, 0) is 6.42 Å². The topological polar surface area (TPSA) is 46.9 Å². The van der Waals surface area contributed by atoms with E-state index in [1.165, 1.54) is 27.8 Å². The molecule has 0 aliphatic heterocycles. The lowest BCUT2D eigenvalue weighted by Gasteiger charge is -2.08. The first-order chi connectivity index (χ1) is 11.5. The molecule has 0 aliphatic rings. The Hall–Kier alpha value is -2.14. The Morgan fingerprint density at radius 2 is 2.04 bits per heavy atom. The van der Waals surface area contributed by atoms with E-state index in [4.69, 9.17) is 0 Å². The first-order valence-electron chi connectivity index (χ1n) is 8.28. The number of carbonyl (C=O) groups is 1. The monoisotopic (exact) mass is 341 g/mol. The summed E-state index contributed by atoms with van der Waals surface area (Å²) in [6, 6.07) is 8.87.